The van der Waals surface area contributed by atoms with Gasteiger partial charge in [-0.3, -0.25) is 4.79 Å². The minimum Gasteiger partial charge on any atom is -0.496 e. The zero-order valence-electron chi connectivity index (χ0n) is 21.6. The predicted octanol–water partition coefficient (Wildman–Crippen LogP) is 4.63. The summed E-state index contributed by atoms with van der Waals surface area (Å²) < 4.78 is 49.7. The number of methoxy groups -OCH3 is 1. The molecule has 1 aliphatic carbocycles. The zero-order valence-corrected chi connectivity index (χ0v) is 22.4. The van der Waals surface area contributed by atoms with Gasteiger partial charge in [0, 0.05) is 24.0 Å². The summed E-state index contributed by atoms with van der Waals surface area (Å²) in [7, 11) is -2.25. The van der Waals surface area contributed by atoms with E-state index < -0.39 is 16.3 Å². The maximum absolute atomic E-state index is 13.2. The SMILES string of the molecule is COc1ccccc1C(=O)NCC1(c2ccccc2)CCC(NS(=O)(=O)NC(C)c2ccc(F)cc2)CC1. The molecule has 0 radical (unpaired) electrons. The molecular formula is C29H34FN3O4S. The molecule has 3 N–H and O–H groups in total. The van der Waals surface area contributed by atoms with Gasteiger partial charge in [0.05, 0.1) is 12.7 Å². The second-order valence-electron chi connectivity index (χ2n) is 9.82. The zero-order chi connectivity index (χ0) is 27.2. The van der Waals surface area contributed by atoms with Crippen molar-refractivity contribution in [3.05, 3.63) is 101 Å². The Hall–Kier alpha value is -3.27. The van der Waals surface area contributed by atoms with Crippen molar-refractivity contribution in [2.45, 2.75) is 50.1 Å². The molecule has 38 heavy (non-hydrogen) atoms. The topological polar surface area (TPSA) is 96.5 Å². The molecule has 7 nitrogen and oxygen atoms in total. The second kappa shape index (κ2) is 12.1. The number of hydrogen-bond donors (Lipinski definition) is 3. The first-order valence-electron chi connectivity index (χ1n) is 12.7. The smallest absolute Gasteiger partial charge is 0.277 e. The van der Waals surface area contributed by atoms with Gasteiger partial charge in [-0.05, 0) is 68.0 Å². The largest absolute Gasteiger partial charge is 0.496 e. The lowest BCUT2D eigenvalue weighted by Crippen LogP contribution is -2.49. The number of halogens is 1. The van der Waals surface area contributed by atoms with Crippen LogP contribution in [-0.4, -0.2) is 34.0 Å². The summed E-state index contributed by atoms with van der Waals surface area (Å²) >= 11 is 0. The van der Waals surface area contributed by atoms with Crippen LogP contribution in [0.25, 0.3) is 0 Å². The number of ether oxygens (including phenoxy) is 1. The molecule has 4 rings (SSSR count). The molecular weight excluding hydrogens is 505 g/mol. The van der Waals surface area contributed by atoms with E-state index >= 15 is 0 Å². The lowest BCUT2D eigenvalue weighted by atomic mass is 9.68. The van der Waals surface area contributed by atoms with Gasteiger partial charge < -0.3 is 10.1 Å². The molecule has 1 unspecified atom stereocenters. The molecule has 202 valence electrons. The van der Waals surface area contributed by atoms with E-state index in [9.17, 15) is 17.6 Å². The number of benzene rings is 3. The molecule has 1 amide bonds. The molecule has 0 heterocycles. The number of rotatable bonds is 10. The molecule has 9 heteroatoms. The van der Waals surface area contributed by atoms with Crippen LogP contribution in [0.15, 0.2) is 78.9 Å². The summed E-state index contributed by atoms with van der Waals surface area (Å²) in [6.07, 6.45) is 2.63. The number of carbonyl (C=O) groups is 1. The Morgan fingerprint density at radius 1 is 1.00 bits per heavy atom. The molecule has 0 spiro atoms. The number of nitrogens with one attached hydrogen (secondary N) is 3. The fraction of sp³-hybridized carbons (Fsp3) is 0.345. The van der Waals surface area contributed by atoms with Crippen LogP contribution in [-0.2, 0) is 15.6 Å². The van der Waals surface area contributed by atoms with E-state index in [1.165, 1.54) is 19.2 Å². The Balaban J connectivity index is 1.42. The summed E-state index contributed by atoms with van der Waals surface area (Å²) in [5, 5.41) is 3.10. The van der Waals surface area contributed by atoms with Crippen LogP contribution in [0.5, 0.6) is 5.75 Å². The number of amides is 1. The average Bonchev–Trinajstić information content (AvgIpc) is 2.93. The highest BCUT2D eigenvalue weighted by atomic mass is 32.2. The Morgan fingerprint density at radius 2 is 1.63 bits per heavy atom. The van der Waals surface area contributed by atoms with Gasteiger partial charge in [-0.25, -0.2) is 4.39 Å². The van der Waals surface area contributed by atoms with E-state index in [1.807, 2.05) is 24.3 Å². The van der Waals surface area contributed by atoms with Crippen molar-refractivity contribution in [1.82, 2.24) is 14.8 Å². The minimum atomic E-state index is -3.79. The Labute approximate surface area is 224 Å². The number of hydrogen-bond acceptors (Lipinski definition) is 4. The highest BCUT2D eigenvalue weighted by molar-refractivity contribution is 7.87. The standard InChI is InChI=1S/C29H34FN3O4S/c1-21(22-12-14-24(30)15-13-22)32-38(35,36)33-25-16-18-29(19-17-25,23-8-4-3-5-9-23)20-31-28(34)26-10-6-7-11-27(26)37-2/h3-15,21,25,32-33H,16-20H2,1-2H3,(H,31,34). The average molecular weight is 540 g/mol. The summed E-state index contributed by atoms with van der Waals surface area (Å²) in [5.74, 6) is -0.0658. The van der Waals surface area contributed by atoms with Gasteiger partial charge in [0.25, 0.3) is 16.1 Å². The molecule has 1 saturated carbocycles. The van der Waals surface area contributed by atoms with Crippen LogP contribution in [0.1, 0.15) is 60.1 Å². The second-order valence-corrected chi connectivity index (χ2v) is 11.3. The quantitative estimate of drug-likeness (QED) is 0.350. The first kappa shape index (κ1) is 27.8. The van der Waals surface area contributed by atoms with E-state index in [1.54, 1.807) is 37.3 Å². The van der Waals surface area contributed by atoms with Gasteiger partial charge in [0.1, 0.15) is 11.6 Å². The van der Waals surface area contributed by atoms with Crippen molar-refractivity contribution in [3.63, 3.8) is 0 Å². The molecule has 1 aliphatic rings. The summed E-state index contributed by atoms with van der Waals surface area (Å²) in [6.45, 7) is 2.14. The van der Waals surface area contributed by atoms with Gasteiger partial charge in [0.2, 0.25) is 0 Å². The van der Waals surface area contributed by atoms with E-state index in [2.05, 4.69) is 26.9 Å². The highest BCUT2D eigenvalue weighted by Gasteiger charge is 2.38. The van der Waals surface area contributed by atoms with Gasteiger partial charge >= 0.3 is 0 Å². The van der Waals surface area contributed by atoms with Crippen molar-refractivity contribution in [2.24, 2.45) is 0 Å². The fourth-order valence-corrected chi connectivity index (χ4v) is 6.47. The molecule has 3 aromatic rings. The number of carbonyl (C=O) groups excluding carboxylic acids is 1. The van der Waals surface area contributed by atoms with Crippen molar-refractivity contribution >= 4 is 16.1 Å². The molecule has 1 fully saturated rings. The Bertz CT molecular complexity index is 1330. The van der Waals surface area contributed by atoms with E-state index in [4.69, 9.17) is 4.74 Å². The summed E-state index contributed by atoms with van der Waals surface area (Å²) in [6, 6.07) is 22.1. The minimum absolute atomic E-state index is 0.209. The van der Waals surface area contributed by atoms with Crippen molar-refractivity contribution in [2.75, 3.05) is 13.7 Å². The van der Waals surface area contributed by atoms with Crippen LogP contribution in [0.3, 0.4) is 0 Å². The molecule has 0 saturated heterocycles. The Morgan fingerprint density at radius 3 is 2.29 bits per heavy atom. The van der Waals surface area contributed by atoms with Crippen LogP contribution in [0.4, 0.5) is 4.39 Å². The maximum Gasteiger partial charge on any atom is 0.277 e. The molecule has 1 atom stereocenters. The number of para-hydroxylation sites is 1. The molecule has 0 bridgehead atoms. The molecule has 0 aliphatic heterocycles. The van der Waals surface area contributed by atoms with Crippen LogP contribution < -0.4 is 19.5 Å². The molecule has 3 aromatic carbocycles. The predicted molar refractivity (Wildman–Crippen MR) is 146 cm³/mol. The third-order valence-electron chi connectivity index (χ3n) is 7.29. The maximum atomic E-state index is 13.2. The highest BCUT2D eigenvalue weighted by Crippen LogP contribution is 2.39. The normalized spacial score (nSPS) is 20.4. The lowest BCUT2D eigenvalue weighted by molar-refractivity contribution is 0.0932. The van der Waals surface area contributed by atoms with Gasteiger partial charge in [-0.2, -0.15) is 17.9 Å². The Kier molecular flexibility index (Phi) is 8.81. The third kappa shape index (κ3) is 6.78. The lowest BCUT2D eigenvalue weighted by Gasteiger charge is -2.41. The van der Waals surface area contributed by atoms with Crippen LogP contribution in [0.2, 0.25) is 0 Å². The van der Waals surface area contributed by atoms with Crippen molar-refractivity contribution < 1.29 is 22.3 Å². The first-order valence-corrected chi connectivity index (χ1v) is 14.2. The van der Waals surface area contributed by atoms with E-state index in [-0.39, 0.29) is 23.2 Å². The van der Waals surface area contributed by atoms with Crippen molar-refractivity contribution in [3.8, 4) is 5.75 Å². The molecule has 0 aromatic heterocycles. The summed E-state index contributed by atoms with van der Waals surface area (Å²) in [5.41, 5.74) is 1.94. The monoisotopic (exact) mass is 539 g/mol. The van der Waals surface area contributed by atoms with Gasteiger partial charge in [0.15, 0.2) is 0 Å². The van der Waals surface area contributed by atoms with E-state index in [0.29, 0.717) is 49.1 Å². The van der Waals surface area contributed by atoms with E-state index in [0.717, 1.165) is 5.56 Å². The summed E-state index contributed by atoms with van der Waals surface area (Å²) in [4.78, 5) is 13.0. The van der Waals surface area contributed by atoms with Crippen molar-refractivity contribution in [1.29, 1.82) is 0 Å². The fourth-order valence-electron chi connectivity index (χ4n) is 5.13. The van der Waals surface area contributed by atoms with Gasteiger partial charge in [-0.15, -0.1) is 0 Å². The third-order valence-corrected chi connectivity index (χ3v) is 8.60. The van der Waals surface area contributed by atoms with Crippen LogP contribution >= 0.6 is 0 Å². The first-order chi connectivity index (χ1) is 18.2. The van der Waals surface area contributed by atoms with Gasteiger partial charge in [-0.1, -0.05) is 54.6 Å². The van der Waals surface area contributed by atoms with Crippen LogP contribution in [0, 0.1) is 5.82 Å².